The Labute approximate surface area is 83.0 Å². The minimum atomic E-state index is -1.36. The number of phenolic OH excluding ortho intramolecular Hbond substituents is 1. The van der Waals surface area contributed by atoms with E-state index in [0.29, 0.717) is 5.75 Å². The van der Waals surface area contributed by atoms with E-state index in [-0.39, 0.29) is 0 Å². The van der Waals surface area contributed by atoms with Crippen molar-refractivity contribution in [3.05, 3.63) is 30.3 Å². The van der Waals surface area contributed by atoms with Gasteiger partial charge >= 0.3 is 0 Å². The Morgan fingerprint density at radius 3 is 1.79 bits per heavy atom. The van der Waals surface area contributed by atoms with Gasteiger partial charge in [-0.05, 0) is 26.0 Å². The lowest BCUT2D eigenvalue weighted by molar-refractivity contribution is -0.132. The number of aromatic hydroxyl groups is 1. The fraction of sp³-hybridized carbons (Fsp3) is 0.300. The Bertz CT molecular complexity index is 277. The first-order chi connectivity index (χ1) is 6.34. The standard InChI is InChI=1S/C6H6O.C4H9NO2/c7-6-4-2-1-3-5-6;1-4(2,7)3(5)6/h1-5,7H;7H,1-2H3,(H2,5,6). The van der Waals surface area contributed by atoms with E-state index in [1.807, 2.05) is 6.07 Å². The van der Waals surface area contributed by atoms with Crippen LogP contribution in [0.15, 0.2) is 30.3 Å². The zero-order valence-electron chi connectivity index (χ0n) is 8.27. The Morgan fingerprint density at radius 1 is 1.29 bits per heavy atom. The molecule has 1 amide bonds. The maximum atomic E-state index is 9.99. The predicted octanol–water partition coefficient (Wildman–Crippen LogP) is 0.635. The molecule has 0 atom stereocenters. The third kappa shape index (κ3) is 6.02. The molecule has 14 heavy (non-hydrogen) atoms. The number of amides is 1. The highest BCUT2D eigenvalue weighted by Crippen LogP contribution is 2.02. The fourth-order valence-electron chi connectivity index (χ4n) is 0.428. The van der Waals surface area contributed by atoms with Crippen LogP contribution in [0, 0.1) is 0 Å². The maximum Gasteiger partial charge on any atom is 0.248 e. The zero-order chi connectivity index (χ0) is 11.2. The highest BCUT2D eigenvalue weighted by Gasteiger charge is 2.18. The summed E-state index contributed by atoms with van der Waals surface area (Å²) in [6, 6.07) is 8.71. The van der Waals surface area contributed by atoms with Gasteiger partial charge in [0.15, 0.2) is 0 Å². The minimum Gasteiger partial charge on any atom is -0.508 e. The summed E-state index contributed by atoms with van der Waals surface area (Å²) in [6.45, 7) is 2.69. The number of primary amides is 1. The number of hydrogen-bond acceptors (Lipinski definition) is 3. The quantitative estimate of drug-likeness (QED) is 0.617. The molecule has 78 valence electrons. The Balaban J connectivity index is 0.000000241. The Hall–Kier alpha value is -1.55. The van der Waals surface area contributed by atoms with Crippen LogP contribution >= 0.6 is 0 Å². The van der Waals surface area contributed by atoms with Crippen LogP contribution in [-0.4, -0.2) is 21.7 Å². The van der Waals surface area contributed by atoms with Crippen molar-refractivity contribution in [3.63, 3.8) is 0 Å². The molecule has 4 heteroatoms. The van der Waals surface area contributed by atoms with Crippen LogP contribution in [0.4, 0.5) is 0 Å². The highest BCUT2D eigenvalue weighted by molar-refractivity contribution is 5.81. The van der Waals surface area contributed by atoms with E-state index in [0.717, 1.165) is 0 Å². The summed E-state index contributed by atoms with van der Waals surface area (Å²) >= 11 is 0. The average molecular weight is 197 g/mol. The van der Waals surface area contributed by atoms with Gasteiger partial charge in [0.25, 0.3) is 0 Å². The number of carbonyl (C=O) groups is 1. The van der Waals surface area contributed by atoms with Gasteiger partial charge in [-0.3, -0.25) is 4.79 Å². The fourth-order valence-corrected chi connectivity index (χ4v) is 0.428. The molecule has 0 aliphatic rings. The number of phenols is 1. The van der Waals surface area contributed by atoms with Gasteiger partial charge in [-0.2, -0.15) is 0 Å². The summed E-state index contributed by atoms with van der Waals surface area (Å²) in [5.74, 6) is -0.380. The molecule has 4 nitrogen and oxygen atoms in total. The summed E-state index contributed by atoms with van der Waals surface area (Å²) < 4.78 is 0. The van der Waals surface area contributed by atoms with Crippen LogP contribution in [0.3, 0.4) is 0 Å². The van der Waals surface area contributed by atoms with Crippen molar-refractivity contribution in [2.45, 2.75) is 19.4 Å². The van der Waals surface area contributed by atoms with Gasteiger partial charge in [0.2, 0.25) is 5.91 Å². The van der Waals surface area contributed by atoms with Crippen molar-refractivity contribution in [1.29, 1.82) is 0 Å². The van der Waals surface area contributed by atoms with Crippen molar-refractivity contribution >= 4 is 5.91 Å². The first-order valence-electron chi connectivity index (χ1n) is 4.10. The molecule has 0 fully saturated rings. The number of benzene rings is 1. The number of aliphatic hydroxyl groups is 1. The average Bonchev–Trinajstić information content (AvgIpc) is 2.04. The first kappa shape index (κ1) is 12.4. The van der Waals surface area contributed by atoms with Gasteiger partial charge in [0, 0.05) is 0 Å². The lowest BCUT2D eigenvalue weighted by Gasteiger charge is -2.09. The third-order valence-corrected chi connectivity index (χ3v) is 1.36. The Kier molecular flexibility index (Phi) is 4.66. The zero-order valence-corrected chi connectivity index (χ0v) is 8.27. The van der Waals surface area contributed by atoms with Crippen molar-refractivity contribution in [3.8, 4) is 5.75 Å². The topological polar surface area (TPSA) is 83.5 Å². The molecular weight excluding hydrogens is 182 g/mol. The van der Waals surface area contributed by atoms with E-state index in [4.69, 9.17) is 10.2 Å². The minimum absolute atomic E-state index is 0.322. The summed E-state index contributed by atoms with van der Waals surface area (Å²) in [5.41, 5.74) is 3.32. The molecule has 0 aliphatic carbocycles. The second-order valence-electron chi connectivity index (χ2n) is 3.26. The van der Waals surface area contributed by atoms with Gasteiger partial charge in [-0.15, -0.1) is 0 Å². The van der Waals surface area contributed by atoms with Crippen LogP contribution in [0.1, 0.15) is 13.8 Å². The summed E-state index contributed by atoms with van der Waals surface area (Å²) in [6.07, 6.45) is 0. The van der Waals surface area contributed by atoms with E-state index in [2.05, 4.69) is 5.73 Å². The van der Waals surface area contributed by atoms with E-state index < -0.39 is 11.5 Å². The van der Waals surface area contributed by atoms with Crippen molar-refractivity contribution < 1.29 is 15.0 Å². The molecule has 4 N–H and O–H groups in total. The van der Waals surface area contributed by atoms with Gasteiger partial charge in [-0.1, -0.05) is 18.2 Å². The largest absolute Gasteiger partial charge is 0.508 e. The second kappa shape index (κ2) is 5.24. The van der Waals surface area contributed by atoms with Crippen LogP contribution in [0.25, 0.3) is 0 Å². The first-order valence-corrected chi connectivity index (χ1v) is 4.10. The van der Waals surface area contributed by atoms with Gasteiger partial charge < -0.3 is 15.9 Å². The number of carbonyl (C=O) groups excluding carboxylic acids is 1. The molecule has 0 aliphatic heterocycles. The number of hydrogen-bond donors (Lipinski definition) is 3. The summed E-state index contributed by atoms with van der Waals surface area (Å²) in [5, 5.41) is 17.3. The molecule has 0 bridgehead atoms. The SMILES string of the molecule is CC(C)(O)C(N)=O.Oc1ccccc1. The molecule has 0 spiro atoms. The van der Waals surface area contributed by atoms with Crippen LogP contribution in [-0.2, 0) is 4.79 Å². The highest BCUT2D eigenvalue weighted by atomic mass is 16.3. The van der Waals surface area contributed by atoms with E-state index in [1.165, 1.54) is 13.8 Å². The molecule has 0 radical (unpaired) electrons. The normalized spacial score (nSPS) is 9.93. The van der Waals surface area contributed by atoms with Gasteiger partial charge in [0.05, 0.1) is 0 Å². The Morgan fingerprint density at radius 2 is 1.64 bits per heavy atom. The van der Waals surface area contributed by atoms with Crippen molar-refractivity contribution in [2.75, 3.05) is 0 Å². The number of nitrogens with two attached hydrogens (primary N) is 1. The van der Waals surface area contributed by atoms with Crippen molar-refractivity contribution in [2.24, 2.45) is 5.73 Å². The monoisotopic (exact) mass is 197 g/mol. The predicted molar refractivity (Wildman–Crippen MR) is 53.6 cm³/mol. The van der Waals surface area contributed by atoms with Crippen LogP contribution in [0.5, 0.6) is 5.75 Å². The summed E-state index contributed by atoms with van der Waals surface area (Å²) in [7, 11) is 0. The molecule has 0 heterocycles. The molecule has 0 unspecified atom stereocenters. The van der Waals surface area contributed by atoms with Crippen LogP contribution in [0.2, 0.25) is 0 Å². The maximum absolute atomic E-state index is 9.99. The third-order valence-electron chi connectivity index (χ3n) is 1.36. The molecule has 0 saturated heterocycles. The number of para-hydroxylation sites is 1. The summed E-state index contributed by atoms with van der Waals surface area (Å²) in [4.78, 5) is 9.99. The van der Waals surface area contributed by atoms with Crippen LogP contribution < -0.4 is 5.73 Å². The number of rotatable bonds is 1. The lowest BCUT2D eigenvalue weighted by atomic mass is 10.1. The second-order valence-corrected chi connectivity index (χ2v) is 3.26. The smallest absolute Gasteiger partial charge is 0.248 e. The molecule has 1 rings (SSSR count). The molecule has 0 aromatic heterocycles. The van der Waals surface area contributed by atoms with Crippen molar-refractivity contribution in [1.82, 2.24) is 0 Å². The van der Waals surface area contributed by atoms with Gasteiger partial charge in [0.1, 0.15) is 11.4 Å². The van der Waals surface area contributed by atoms with E-state index in [1.54, 1.807) is 24.3 Å². The van der Waals surface area contributed by atoms with Gasteiger partial charge in [-0.25, -0.2) is 0 Å². The van der Waals surface area contributed by atoms with E-state index in [9.17, 15) is 4.79 Å². The van der Waals surface area contributed by atoms with E-state index >= 15 is 0 Å². The molecule has 0 saturated carbocycles. The molecule has 1 aromatic rings. The molecule has 1 aromatic carbocycles. The molecular formula is C10H15NO3. The lowest BCUT2D eigenvalue weighted by Crippen LogP contribution is -2.37.